The van der Waals surface area contributed by atoms with Crippen LogP contribution in [0.1, 0.15) is 37.3 Å². The lowest BCUT2D eigenvalue weighted by atomic mass is 10.0. The summed E-state index contributed by atoms with van der Waals surface area (Å²) >= 11 is 0. The van der Waals surface area contributed by atoms with Crippen LogP contribution < -0.4 is 0 Å². The Morgan fingerprint density at radius 3 is 2.46 bits per heavy atom. The van der Waals surface area contributed by atoms with Crippen LogP contribution in [-0.4, -0.2) is 0 Å². The molecule has 0 heterocycles. The van der Waals surface area contributed by atoms with Gasteiger partial charge in [-0.1, -0.05) is 37.3 Å². The van der Waals surface area contributed by atoms with Crippen molar-refractivity contribution in [3.05, 3.63) is 41.5 Å². The van der Waals surface area contributed by atoms with Crippen LogP contribution >= 0.6 is 0 Å². The molecule has 1 aromatic carbocycles. The molecule has 68 valence electrons. The van der Waals surface area contributed by atoms with E-state index in [1.165, 1.54) is 30.4 Å². The van der Waals surface area contributed by atoms with Gasteiger partial charge in [-0.2, -0.15) is 0 Å². The summed E-state index contributed by atoms with van der Waals surface area (Å²) in [6, 6.07) is 9.01. The molecule has 0 atom stereocenters. The topological polar surface area (TPSA) is 0 Å². The Labute approximate surface area is 80.3 Å². The molecule has 0 amide bonds. The average molecular weight is 172 g/mol. The van der Waals surface area contributed by atoms with Gasteiger partial charge in [-0.3, -0.25) is 0 Å². The zero-order valence-electron chi connectivity index (χ0n) is 8.22. The molecule has 0 aliphatic heterocycles. The maximum absolute atomic E-state index is 2.38. The van der Waals surface area contributed by atoms with Crippen molar-refractivity contribution in [2.24, 2.45) is 0 Å². The summed E-state index contributed by atoms with van der Waals surface area (Å²) in [5.41, 5.74) is 4.40. The van der Waals surface area contributed by atoms with Crippen molar-refractivity contribution in [1.29, 1.82) is 0 Å². The average Bonchev–Trinajstić information content (AvgIpc) is 2.71. The van der Waals surface area contributed by atoms with Crippen molar-refractivity contribution in [2.45, 2.75) is 32.6 Å². The summed E-state index contributed by atoms with van der Waals surface area (Å²) in [4.78, 5) is 0. The standard InChI is InChI=1S/C13H16/c1-2-11-7-9-13(10-8-11)12-5-3-4-6-12/h5,7-10H,2-4,6H2,1H3. The Morgan fingerprint density at radius 1 is 1.15 bits per heavy atom. The molecule has 0 N–H and O–H groups in total. The Balaban J connectivity index is 2.22. The highest BCUT2D eigenvalue weighted by atomic mass is 14.1. The van der Waals surface area contributed by atoms with E-state index in [2.05, 4.69) is 37.3 Å². The van der Waals surface area contributed by atoms with Gasteiger partial charge in [0, 0.05) is 0 Å². The fraction of sp³-hybridized carbons (Fsp3) is 0.385. The number of aryl methyl sites for hydroxylation is 1. The van der Waals surface area contributed by atoms with Gasteiger partial charge < -0.3 is 0 Å². The SMILES string of the molecule is CCc1ccc(C2=CCCC2)cc1. The van der Waals surface area contributed by atoms with Crippen molar-refractivity contribution >= 4 is 5.57 Å². The largest absolute Gasteiger partial charge is 0.0807 e. The lowest BCUT2D eigenvalue weighted by Crippen LogP contribution is -1.83. The minimum Gasteiger partial charge on any atom is -0.0807 e. The Bertz CT molecular complexity index is 303. The minimum atomic E-state index is 1.14. The van der Waals surface area contributed by atoms with Gasteiger partial charge in [-0.25, -0.2) is 0 Å². The highest BCUT2D eigenvalue weighted by Crippen LogP contribution is 2.27. The summed E-state index contributed by atoms with van der Waals surface area (Å²) in [5, 5.41) is 0. The van der Waals surface area contributed by atoms with Crippen molar-refractivity contribution < 1.29 is 0 Å². The van der Waals surface area contributed by atoms with E-state index in [4.69, 9.17) is 0 Å². The monoisotopic (exact) mass is 172 g/mol. The lowest BCUT2D eigenvalue weighted by molar-refractivity contribution is 0.935. The van der Waals surface area contributed by atoms with Gasteiger partial charge in [-0.15, -0.1) is 0 Å². The first-order valence-corrected chi connectivity index (χ1v) is 5.18. The minimum absolute atomic E-state index is 1.14. The molecule has 1 aliphatic carbocycles. The first-order valence-electron chi connectivity index (χ1n) is 5.18. The van der Waals surface area contributed by atoms with Gasteiger partial charge in [0.05, 0.1) is 0 Å². The zero-order valence-corrected chi connectivity index (χ0v) is 8.22. The van der Waals surface area contributed by atoms with Gasteiger partial charge in [0.25, 0.3) is 0 Å². The maximum atomic E-state index is 2.38. The van der Waals surface area contributed by atoms with E-state index in [1.54, 1.807) is 5.57 Å². The zero-order chi connectivity index (χ0) is 9.10. The highest BCUT2D eigenvalue weighted by Gasteiger charge is 2.05. The predicted octanol–water partition coefficient (Wildman–Crippen LogP) is 3.82. The van der Waals surface area contributed by atoms with Crippen LogP contribution in [0.2, 0.25) is 0 Å². The van der Waals surface area contributed by atoms with E-state index >= 15 is 0 Å². The Kier molecular flexibility index (Phi) is 2.49. The van der Waals surface area contributed by atoms with E-state index in [9.17, 15) is 0 Å². The second-order valence-electron chi connectivity index (χ2n) is 3.67. The molecule has 0 fully saturated rings. The molecule has 1 aromatic rings. The summed E-state index contributed by atoms with van der Waals surface area (Å²) < 4.78 is 0. The second kappa shape index (κ2) is 3.78. The van der Waals surface area contributed by atoms with Crippen LogP contribution in [0.5, 0.6) is 0 Å². The molecule has 2 rings (SSSR count). The summed E-state index contributed by atoms with van der Waals surface area (Å²) in [6.07, 6.45) is 7.39. The molecule has 0 heteroatoms. The fourth-order valence-electron chi connectivity index (χ4n) is 1.89. The van der Waals surface area contributed by atoms with Gasteiger partial charge in [-0.05, 0) is 42.4 Å². The van der Waals surface area contributed by atoms with Gasteiger partial charge in [0.1, 0.15) is 0 Å². The van der Waals surface area contributed by atoms with Gasteiger partial charge in [0.2, 0.25) is 0 Å². The number of hydrogen-bond acceptors (Lipinski definition) is 0. The van der Waals surface area contributed by atoms with E-state index in [0.29, 0.717) is 0 Å². The van der Waals surface area contributed by atoms with Crippen LogP contribution in [0.15, 0.2) is 30.3 Å². The van der Waals surface area contributed by atoms with Gasteiger partial charge in [0.15, 0.2) is 0 Å². The Morgan fingerprint density at radius 2 is 1.92 bits per heavy atom. The van der Waals surface area contributed by atoms with Crippen LogP contribution in [0.4, 0.5) is 0 Å². The number of allylic oxidation sites excluding steroid dienone is 2. The first kappa shape index (κ1) is 8.55. The molecule has 0 unspecified atom stereocenters. The molecule has 0 bridgehead atoms. The fourth-order valence-corrected chi connectivity index (χ4v) is 1.89. The molecular weight excluding hydrogens is 156 g/mol. The quantitative estimate of drug-likeness (QED) is 0.636. The third-order valence-corrected chi connectivity index (χ3v) is 2.77. The Hall–Kier alpha value is -1.04. The van der Waals surface area contributed by atoms with Crippen molar-refractivity contribution in [2.75, 3.05) is 0 Å². The molecule has 0 radical (unpaired) electrons. The molecule has 0 nitrogen and oxygen atoms in total. The summed E-state index contributed by atoms with van der Waals surface area (Å²) in [5.74, 6) is 0. The molecule has 0 saturated heterocycles. The number of rotatable bonds is 2. The maximum Gasteiger partial charge on any atom is -0.0228 e. The van der Waals surface area contributed by atoms with Gasteiger partial charge >= 0.3 is 0 Å². The lowest BCUT2D eigenvalue weighted by Gasteiger charge is -2.02. The predicted molar refractivity (Wildman–Crippen MR) is 57.6 cm³/mol. The first-order chi connectivity index (χ1) is 6.40. The molecule has 0 saturated carbocycles. The van der Waals surface area contributed by atoms with E-state index in [-0.39, 0.29) is 0 Å². The van der Waals surface area contributed by atoms with Crippen molar-refractivity contribution in [1.82, 2.24) is 0 Å². The molecule has 0 spiro atoms. The highest BCUT2D eigenvalue weighted by molar-refractivity contribution is 5.67. The third kappa shape index (κ3) is 1.82. The smallest absolute Gasteiger partial charge is 0.0228 e. The third-order valence-electron chi connectivity index (χ3n) is 2.77. The van der Waals surface area contributed by atoms with Crippen LogP contribution in [0.3, 0.4) is 0 Å². The van der Waals surface area contributed by atoms with E-state index in [1.807, 2.05) is 0 Å². The van der Waals surface area contributed by atoms with Crippen LogP contribution in [0, 0.1) is 0 Å². The number of benzene rings is 1. The molecule has 1 aliphatic rings. The van der Waals surface area contributed by atoms with Crippen molar-refractivity contribution in [3.8, 4) is 0 Å². The molecular formula is C13H16. The van der Waals surface area contributed by atoms with Crippen LogP contribution in [-0.2, 0) is 6.42 Å². The summed E-state index contributed by atoms with van der Waals surface area (Å²) in [6.45, 7) is 2.20. The van der Waals surface area contributed by atoms with E-state index < -0.39 is 0 Å². The summed E-state index contributed by atoms with van der Waals surface area (Å²) in [7, 11) is 0. The van der Waals surface area contributed by atoms with E-state index in [0.717, 1.165) is 6.42 Å². The molecule has 13 heavy (non-hydrogen) atoms. The molecule has 0 aromatic heterocycles. The van der Waals surface area contributed by atoms with Crippen molar-refractivity contribution in [3.63, 3.8) is 0 Å². The second-order valence-corrected chi connectivity index (χ2v) is 3.67. The van der Waals surface area contributed by atoms with Crippen LogP contribution in [0.25, 0.3) is 5.57 Å². The number of hydrogen-bond donors (Lipinski definition) is 0. The normalized spacial score (nSPS) is 15.9.